The normalized spacial score (nSPS) is 17.6. The lowest BCUT2D eigenvalue weighted by atomic mass is 9.88. The molecular formula is C13H16N4. The highest BCUT2D eigenvalue weighted by Crippen LogP contribution is 2.29. The van der Waals surface area contributed by atoms with E-state index in [0.717, 1.165) is 24.3 Å². The van der Waals surface area contributed by atoms with Crippen LogP contribution >= 0.6 is 0 Å². The van der Waals surface area contributed by atoms with E-state index in [4.69, 9.17) is 5.26 Å². The van der Waals surface area contributed by atoms with Crippen LogP contribution in [0.3, 0.4) is 0 Å². The molecule has 1 saturated heterocycles. The highest BCUT2D eigenvalue weighted by Gasteiger charge is 2.39. The van der Waals surface area contributed by atoms with Crippen molar-refractivity contribution in [3.8, 4) is 6.07 Å². The summed E-state index contributed by atoms with van der Waals surface area (Å²) < 4.78 is 2.15. The number of nitrogens with zero attached hydrogens (tertiary/aromatic N) is 3. The zero-order valence-electron chi connectivity index (χ0n) is 9.98. The summed E-state index contributed by atoms with van der Waals surface area (Å²) in [6, 6.07) is 4.29. The largest absolute Gasteiger partial charge is 0.337 e. The van der Waals surface area contributed by atoms with Gasteiger partial charge in [0.25, 0.3) is 0 Å². The van der Waals surface area contributed by atoms with E-state index in [0.29, 0.717) is 6.42 Å². The first kappa shape index (κ1) is 11.6. The number of aromatic nitrogens is 1. The molecule has 0 spiro atoms. The van der Waals surface area contributed by atoms with Gasteiger partial charge in [0, 0.05) is 38.1 Å². The van der Waals surface area contributed by atoms with Crippen LogP contribution in [0.4, 0.5) is 0 Å². The van der Waals surface area contributed by atoms with Crippen molar-refractivity contribution in [3.63, 3.8) is 0 Å². The third kappa shape index (κ3) is 1.79. The molecule has 1 fully saturated rings. The Morgan fingerprint density at radius 2 is 2.47 bits per heavy atom. The smallest absolute Gasteiger partial charge is 0.0823 e. The third-order valence-corrected chi connectivity index (χ3v) is 3.26. The van der Waals surface area contributed by atoms with Crippen molar-refractivity contribution in [1.29, 1.82) is 5.26 Å². The Hall–Kier alpha value is -1.86. The first-order chi connectivity index (χ1) is 8.27. The van der Waals surface area contributed by atoms with Gasteiger partial charge in [0.05, 0.1) is 23.7 Å². The average molecular weight is 228 g/mol. The third-order valence-electron chi connectivity index (χ3n) is 3.26. The molecule has 0 amide bonds. The Kier molecular flexibility index (Phi) is 3.12. The highest BCUT2D eigenvalue weighted by molar-refractivity contribution is 5.83. The minimum Gasteiger partial charge on any atom is -0.337 e. The molecule has 0 bridgehead atoms. The molecule has 88 valence electrons. The van der Waals surface area contributed by atoms with E-state index in [2.05, 4.69) is 27.5 Å². The molecule has 0 atom stereocenters. The van der Waals surface area contributed by atoms with Gasteiger partial charge in [-0.05, 0) is 6.07 Å². The topological polar surface area (TPSA) is 53.1 Å². The standard InChI is InChI=1S/C13H16N4/c1-3-11-4-7-17(12(11)8-15-2)13(5-6-14)9-16-10-13/h3-4,7-8,16H,1,5,9-10H2,2H3. The van der Waals surface area contributed by atoms with Crippen molar-refractivity contribution in [2.75, 3.05) is 20.1 Å². The van der Waals surface area contributed by atoms with Gasteiger partial charge in [0.15, 0.2) is 0 Å². The molecule has 1 aliphatic rings. The maximum atomic E-state index is 8.97. The Bertz CT molecular complexity index is 486. The van der Waals surface area contributed by atoms with E-state index in [1.54, 1.807) is 7.05 Å². The number of aliphatic imine (C=N–C) groups is 1. The molecule has 2 rings (SSSR count). The van der Waals surface area contributed by atoms with E-state index in [-0.39, 0.29) is 5.54 Å². The second-order valence-corrected chi connectivity index (χ2v) is 4.28. The van der Waals surface area contributed by atoms with Crippen molar-refractivity contribution < 1.29 is 0 Å². The van der Waals surface area contributed by atoms with Gasteiger partial charge in [-0.15, -0.1) is 0 Å². The monoisotopic (exact) mass is 228 g/mol. The molecule has 0 aliphatic carbocycles. The van der Waals surface area contributed by atoms with E-state index in [1.807, 2.05) is 24.6 Å². The predicted octanol–water partition coefficient (Wildman–Crippen LogP) is 1.39. The lowest BCUT2D eigenvalue weighted by Gasteiger charge is -2.43. The van der Waals surface area contributed by atoms with E-state index in [9.17, 15) is 0 Å². The number of nitrogens with one attached hydrogen (secondary N) is 1. The first-order valence-corrected chi connectivity index (χ1v) is 5.61. The van der Waals surface area contributed by atoms with Crippen LogP contribution in [0, 0.1) is 11.3 Å². The van der Waals surface area contributed by atoms with E-state index in [1.165, 1.54) is 0 Å². The second kappa shape index (κ2) is 4.56. The molecule has 4 heteroatoms. The van der Waals surface area contributed by atoms with Crippen LogP contribution in [0.5, 0.6) is 0 Å². The zero-order chi connectivity index (χ0) is 12.3. The molecule has 1 N–H and O–H groups in total. The minimum absolute atomic E-state index is 0.119. The van der Waals surface area contributed by atoms with Crippen LogP contribution in [0.25, 0.3) is 6.08 Å². The molecular weight excluding hydrogens is 212 g/mol. The van der Waals surface area contributed by atoms with Crippen molar-refractivity contribution in [2.45, 2.75) is 12.0 Å². The summed E-state index contributed by atoms with van der Waals surface area (Å²) in [7, 11) is 1.75. The summed E-state index contributed by atoms with van der Waals surface area (Å²) in [5, 5.41) is 12.2. The summed E-state index contributed by atoms with van der Waals surface area (Å²) >= 11 is 0. The summed E-state index contributed by atoms with van der Waals surface area (Å²) in [5.74, 6) is 0. The number of nitriles is 1. The second-order valence-electron chi connectivity index (χ2n) is 4.28. The van der Waals surface area contributed by atoms with Crippen LogP contribution in [-0.2, 0) is 5.54 Å². The zero-order valence-corrected chi connectivity index (χ0v) is 9.98. The summed E-state index contributed by atoms with van der Waals surface area (Å²) in [6.07, 6.45) is 6.18. The molecule has 2 heterocycles. The van der Waals surface area contributed by atoms with Gasteiger partial charge in [-0.3, -0.25) is 4.99 Å². The van der Waals surface area contributed by atoms with Gasteiger partial charge >= 0.3 is 0 Å². The number of rotatable bonds is 4. The van der Waals surface area contributed by atoms with Crippen LogP contribution in [0.2, 0.25) is 0 Å². The predicted molar refractivity (Wildman–Crippen MR) is 69.1 cm³/mol. The molecule has 1 aromatic heterocycles. The summed E-state index contributed by atoms with van der Waals surface area (Å²) in [6.45, 7) is 5.46. The molecule has 0 radical (unpaired) electrons. The Morgan fingerprint density at radius 1 is 1.71 bits per heavy atom. The maximum Gasteiger partial charge on any atom is 0.0823 e. The van der Waals surface area contributed by atoms with Crippen molar-refractivity contribution >= 4 is 12.3 Å². The van der Waals surface area contributed by atoms with Crippen molar-refractivity contribution in [3.05, 3.63) is 30.1 Å². The minimum atomic E-state index is -0.119. The van der Waals surface area contributed by atoms with Crippen LogP contribution in [0.1, 0.15) is 17.7 Å². The molecule has 0 aromatic carbocycles. The van der Waals surface area contributed by atoms with Gasteiger partial charge < -0.3 is 9.88 Å². The fourth-order valence-electron chi connectivity index (χ4n) is 2.25. The van der Waals surface area contributed by atoms with E-state index >= 15 is 0 Å². The van der Waals surface area contributed by atoms with Gasteiger partial charge in [-0.1, -0.05) is 12.7 Å². The maximum absolute atomic E-state index is 8.97. The van der Waals surface area contributed by atoms with Gasteiger partial charge in [-0.2, -0.15) is 5.26 Å². The Balaban J connectivity index is 2.47. The quantitative estimate of drug-likeness (QED) is 0.792. The van der Waals surface area contributed by atoms with Gasteiger partial charge in [-0.25, -0.2) is 0 Å². The van der Waals surface area contributed by atoms with Crippen molar-refractivity contribution in [2.24, 2.45) is 4.99 Å². The lowest BCUT2D eigenvalue weighted by molar-refractivity contribution is 0.180. The number of hydrogen-bond acceptors (Lipinski definition) is 3. The van der Waals surface area contributed by atoms with Crippen LogP contribution in [-0.4, -0.2) is 30.9 Å². The molecule has 17 heavy (non-hydrogen) atoms. The van der Waals surface area contributed by atoms with Crippen LogP contribution < -0.4 is 5.32 Å². The lowest BCUT2D eigenvalue weighted by Crippen LogP contribution is -2.60. The SMILES string of the molecule is C=Cc1ccn(C2(CC#N)CNC2)c1C=NC. The summed E-state index contributed by atoms with van der Waals surface area (Å²) in [5.41, 5.74) is 1.96. The van der Waals surface area contributed by atoms with Gasteiger partial charge in [0.2, 0.25) is 0 Å². The van der Waals surface area contributed by atoms with Crippen LogP contribution in [0.15, 0.2) is 23.8 Å². The molecule has 0 unspecified atom stereocenters. The van der Waals surface area contributed by atoms with Gasteiger partial charge in [0.1, 0.15) is 0 Å². The molecule has 4 nitrogen and oxygen atoms in total. The Morgan fingerprint density at radius 3 is 2.94 bits per heavy atom. The van der Waals surface area contributed by atoms with Crippen molar-refractivity contribution in [1.82, 2.24) is 9.88 Å². The highest BCUT2D eigenvalue weighted by atomic mass is 15.2. The Labute approximate surface area is 101 Å². The molecule has 1 aliphatic heterocycles. The average Bonchev–Trinajstić information content (AvgIpc) is 2.67. The fourth-order valence-corrected chi connectivity index (χ4v) is 2.25. The molecule has 1 aromatic rings. The fraction of sp³-hybridized carbons (Fsp3) is 0.385. The van der Waals surface area contributed by atoms with E-state index < -0.39 is 0 Å². The number of hydrogen-bond donors (Lipinski definition) is 1. The summed E-state index contributed by atoms with van der Waals surface area (Å²) in [4.78, 5) is 4.08. The molecule has 0 saturated carbocycles. The first-order valence-electron chi connectivity index (χ1n) is 5.61.